The van der Waals surface area contributed by atoms with Gasteiger partial charge in [-0.25, -0.2) is 4.98 Å². The maximum absolute atomic E-state index is 5.39. The third kappa shape index (κ3) is 2.97. The molecule has 1 aliphatic rings. The molecule has 1 unspecified atom stereocenters. The number of rotatable bonds is 2. The van der Waals surface area contributed by atoms with Gasteiger partial charge in [0, 0.05) is 47.2 Å². The van der Waals surface area contributed by atoms with Crippen LogP contribution in [-0.2, 0) is 0 Å². The molecule has 4 heterocycles. The van der Waals surface area contributed by atoms with Crippen molar-refractivity contribution in [2.24, 2.45) is 0 Å². The van der Waals surface area contributed by atoms with Crippen LogP contribution in [0.3, 0.4) is 0 Å². The number of hydrogen-bond acceptors (Lipinski definition) is 3. The third-order valence-corrected chi connectivity index (χ3v) is 11.0. The van der Waals surface area contributed by atoms with Crippen molar-refractivity contribution < 1.29 is 0 Å². The first kappa shape index (κ1) is 22.9. The minimum Gasteiger partial charge on any atom is -0.333 e. The second kappa shape index (κ2) is 8.41. The highest BCUT2D eigenvalue weighted by Gasteiger charge is 2.23. The largest absolute Gasteiger partial charge is 0.333 e. The topological polar surface area (TPSA) is 22.8 Å². The average molecular weight is 574 g/mol. The van der Waals surface area contributed by atoms with Crippen molar-refractivity contribution in [2.75, 3.05) is 0 Å². The van der Waals surface area contributed by atoms with Gasteiger partial charge in [0.05, 0.1) is 32.8 Å². The molecule has 1 atom stereocenters. The number of hydrogen-bond donors (Lipinski definition) is 0. The Morgan fingerprint density at radius 1 is 0.571 bits per heavy atom. The van der Waals surface area contributed by atoms with Crippen LogP contribution in [0.4, 0.5) is 0 Å². The first-order valence-corrected chi connectivity index (χ1v) is 16.0. The van der Waals surface area contributed by atoms with Crippen molar-refractivity contribution in [2.45, 2.75) is 12.5 Å². The van der Waals surface area contributed by atoms with Crippen LogP contribution >= 0.6 is 22.7 Å². The predicted octanol–water partition coefficient (Wildman–Crippen LogP) is 10.9. The first-order chi connectivity index (χ1) is 20.8. The second-order valence-corrected chi connectivity index (χ2v) is 13.2. The predicted molar refractivity (Wildman–Crippen MR) is 182 cm³/mol. The SMILES string of the molecule is C1=CCC(n2c3ccccc3c3c4c5ccccc5n(-c5nc6c(ccc7sc8ccccc8c76)s5)c4ccc32)C=C1. The highest BCUT2D eigenvalue weighted by atomic mass is 32.1. The van der Waals surface area contributed by atoms with E-state index in [0.29, 0.717) is 6.04 Å². The zero-order valence-electron chi connectivity index (χ0n) is 22.5. The minimum atomic E-state index is 0.301. The van der Waals surface area contributed by atoms with E-state index in [1.165, 1.54) is 68.5 Å². The number of nitrogens with zero attached hydrogens (tertiary/aromatic N) is 3. The highest BCUT2D eigenvalue weighted by molar-refractivity contribution is 7.26. The number of para-hydroxylation sites is 2. The molecule has 5 heteroatoms. The lowest BCUT2D eigenvalue weighted by Gasteiger charge is -2.18. The van der Waals surface area contributed by atoms with Gasteiger partial charge >= 0.3 is 0 Å². The standard InChI is InChI=1S/C37H23N3S2/c1-2-10-22(11-3-1)39-26-15-7-4-12-23(26)33-28(39)18-19-29-34(33)24-13-5-8-16-27(24)40(29)37-38-36-32(42-37)21-20-31-35(36)25-14-6-9-17-30(25)41-31/h1-10,12-22H,11H2. The fourth-order valence-corrected chi connectivity index (χ4v) is 9.27. The Morgan fingerprint density at radius 2 is 1.29 bits per heavy atom. The lowest BCUT2D eigenvalue weighted by molar-refractivity contribution is 0.648. The van der Waals surface area contributed by atoms with Crippen molar-refractivity contribution in [3.05, 3.63) is 121 Å². The zero-order chi connectivity index (χ0) is 27.4. The molecule has 0 aliphatic heterocycles. The van der Waals surface area contributed by atoms with Crippen molar-refractivity contribution in [1.82, 2.24) is 14.1 Å². The summed E-state index contributed by atoms with van der Waals surface area (Å²) in [6.07, 6.45) is 9.94. The number of aromatic nitrogens is 3. The number of allylic oxidation sites excluding steroid dienone is 4. The zero-order valence-corrected chi connectivity index (χ0v) is 24.1. The summed E-state index contributed by atoms with van der Waals surface area (Å²) in [4.78, 5) is 5.39. The molecule has 10 rings (SSSR count). The van der Waals surface area contributed by atoms with Gasteiger partial charge in [0.25, 0.3) is 0 Å². The summed E-state index contributed by atoms with van der Waals surface area (Å²) >= 11 is 3.63. The molecule has 0 saturated heterocycles. The van der Waals surface area contributed by atoms with E-state index < -0.39 is 0 Å². The van der Waals surface area contributed by atoms with Crippen LogP contribution in [0, 0.1) is 0 Å². The molecule has 1 aliphatic carbocycles. The van der Waals surface area contributed by atoms with E-state index in [4.69, 9.17) is 4.98 Å². The van der Waals surface area contributed by atoms with Crippen LogP contribution in [0.2, 0.25) is 0 Å². The number of fused-ring (bicyclic) bond motifs is 12. The Kier molecular flexibility index (Phi) is 4.59. The summed E-state index contributed by atoms with van der Waals surface area (Å²) in [5.74, 6) is 0. The maximum atomic E-state index is 5.39. The van der Waals surface area contributed by atoms with Gasteiger partial charge in [-0.3, -0.25) is 4.57 Å². The summed E-state index contributed by atoms with van der Waals surface area (Å²) in [6, 6.07) is 35.9. The molecule has 5 aromatic carbocycles. The maximum Gasteiger partial charge on any atom is 0.195 e. The van der Waals surface area contributed by atoms with Crippen LogP contribution < -0.4 is 0 Å². The summed E-state index contributed by atoms with van der Waals surface area (Å²) < 4.78 is 8.76. The molecule has 0 amide bonds. The molecule has 198 valence electrons. The molecule has 0 saturated carbocycles. The monoisotopic (exact) mass is 573 g/mol. The normalized spacial score (nSPS) is 15.6. The van der Waals surface area contributed by atoms with E-state index in [2.05, 4.69) is 131 Å². The van der Waals surface area contributed by atoms with E-state index in [1.807, 2.05) is 11.3 Å². The van der Waals surface area contributed by atoms with E-state index in [9.17, 15) is 0 Å². The lowest BCUT2D eigenvalue weighted by atomic mass is 10.1. The molecule has 42 heavy (non-hydrogen) atoms. The molecule has 0 radical (unpaired) electrons. The summed E-state index contributed by atoms with van der Waals surface area (Å²) in [7, 11) is 0. The smallest absolute Gasteiger partial charge is 0.195 e. The van der Waals surface area contributed by atoms with Gasteiger partial charge in [-0.05, 0) is 48.9 Å². The molecular formula is C37H23N3S2. The van der Waals surface area contributed by atoms with Crippen LogP contribution in [0.15, 0.2) is 121 Å². The Bertz CT molecular complexity index is 2620. The van der Waals surface area contributed by atoms with Crippen LogP contribution in [0.5, 0.6) is 0 Å². The van der Waals surface area contributed by atoms with Gasteiger partial charge in [-0.1, -0.05) is 90.2 Å². The van der Waals surface area contributed by atoms with E-state index in [-0.39, 0.29) is 0 Å². The van der Waals surface area contributed by atoms with E-state index >= 15 is 0 Å². The van der Waals surface area contributed by atoms with E-state index in [1.54, 1.807) is 11.3 Å². The van der Waals surface area contributed by atoms with Crippen molar-refractivity contribution in [3.8, 4) is 5.13 Å². The van der Waals surface area contributed by atoms with E-state index in [0.717, 1.165) is 17.1 Å². The fraction of sp³-hybridized carbons (Fsp3) is 0.0541. The molecule has 0 bridgehead atoms. The molecule has 3 nitrogen and oxygen atoms in total. The highest BCUT2D eigenvalue weighted by Crippen LogP contribution is 2.45. The Balaban J connectivity index is 1.33. The molecule has 0 spiro atoms. The molecule has 0 N–H and O–H groups in total. The first-order valence-electron chi connectivity index (χ1n) is 14.3. The Labute approximate surface area is 248 Å². The number of thiazole rings is 1. The van der Waals surface area contributed by atoms with Crippen molar-refractivity contribution in [3.63, 3.8) is 0 Å². The molecular weight excluding hydrogens is 551 g/mol. The van der Waals surface area contributed by atoms with Crippen LogP contribution in [0.25, 0.3) is 79.1 Å². The van der Waals surface area contributed by atoms with Gasteiger partial charge in [0.2, 0.25) is 0 Å². The molecule has 4 aromatic heterocycles. The summed E-state index contributed by atoms with van der Waals surface area (Å²) in [5, 5.41) is 8.79. The quantitative estimate of drug-likeness (QED) is 0.202. The Morgan fingerprint density at radius 3 is 2.14 bits per heavy atom. The van der Waals surface area contributed by atoms with Crippen LogP contribution in [0.1, 0.15) is 12.5 Å². The van der Waals surface area contributed by atoms with Gasteiger partial charge in [0.1, 0.15) is 0 Å². The minimum absolute atomic E-state index is 0.301. The van der Waals surface area contributed by atoms with Crippen molar-refractivity contribution >= 4 is 96.7 Å². The van der Waals surface area contributed by atoms with Crippen molar-refractivity contribution in [1.29, 1.82) is 0 Å². The summed E-state index contributed by atoms with van der Waals surface area (Å²) in [5.41, 5.74) is 6.07. The summed E-state index contributed by atoms with van der Waals surface area (Å²) in [6.45, 7) is 0. The van der Waals surface area contributed by atoms with Gasteiger partial charge in [-0.15, -0.1) is 11.3 Å². The third-order valence-electron chi connectivity index (χ3n) is 8.88. The molecule has 9 aromatic rings. The lowest BCUT2D eigenvalue weighted by Crippen LogP contribution is -2.06. The van der Waals surface area contributed by atoms with Crippen LogP contribution in [-0.4, -0.2) is 14.1 Å². The average Bonchev–Trinajstić information content (AvgIpc) is 3.79. The van der Waals surface area contributed by atoms with Gasteiger partial charge in [0.15, 0.2) is 5.13 Å². The molecule has 0 fully saturated rings. The fourth-order valence-electron chi connectivity index (χ4n) is 7.16. The van der Waals surface area contributed by atoms with Gasteiger partial charge < -0.3 is 4.57 Å². The Hall–Kier alpha value is -4.71. The second-order valence-electron chi connectivity index (χ2n) is 11.1. The van der Waals surface area contributed by atoms with Gasteiger partial charge in [-0.2, -0.15) is 0 Å². The number of thiophene rings is 1. The number of benzene rings is 5.